The first-order valence-electron chi connectivity index (χ1n) is 7.91. The third-order valence-electron chi connectivity index (χ3n) is 3.81. The average molecular weight is 388 g/mol. The third-order valence-corrected chi connectivity index (χ3v) is 4.05. The van der Waals surface area contributed by atoms with Gasteiger partial charge in [-0.2, -0.15) is 5.10 Å². The molecule has 1 amide bonds. The molecule has 138 valence electrons. The van der Waals surface area contributed by atoms with Crippen molar-refractivity contribution < 1.29 is 13.9 Å². The number of para-hydroxylation sites is 1. The van der Waals surface area contributed by atoms with E-state index in [9.17, 15) is 14.0 Å². The molecule has 0 unspecified atom stereocenters. The van der Waals surface area contributed by atoms with Crippen molar-refractivity contribution >= 4 is 23.2 Å². The van der Waals surface area contributed by atoms with Crippen LogP contribution in [-0.4, -0.2) is 22.8 Å². The first-order chi connectivity index (χ1) is 12.9. The number of benzene rings is 2. The summed E-state index contributed by atoms with van der Waals surface area (Å²) in [6.07, 6.45) is 0. The number of aryl methyl sites for hydroxylation is 1. The summed E-state index contributed by atoms with van der Waals surface area (Å²) in [6.45, 7) is 1.60. The van der Waals surface area contributed by atoms with Gasteiger partial charge in [0.2, 0.25) is 5.43 Å². The molecule has 0 aliphatic heterocycles. The second kappa shape index (κ2) is 7.59. The molecular formula is C19H15ClFN3O3. The molecule has 0 saturated heterocycles. The minimum absolute atomic E-state index is 0.129. The molecule has 1 N–H and O–H groups in total. The lowest BCUT2D eigenvalue weighted by molar-refractivity contribution is 0.101. The van der Waals surface area contributed by atoms with E-state index in [1.165, 1.54) is 42.1 Å². The maximum Gasteiger partial charge on any atom is 0.280 e. The van der Waals surface area contributed by atoms with Gasteiger partial charge < -0.3 is 10.1 Å². The fourth-order valence-electron chi connectivity index (χ4n) is 2.53. The van der Waals surface area contributed by atoms with Gasteiger partial charge in [0.1, 0.15) is 17.3 Å². The standard InChI is InChI=1S/C19H15ClFN3O3/c1-11-9-16(25)18(23-24(11)15-6-4-3-5-13(15)21)19(26)22-14-10-12(20)7-8-17(14)27-2/h3-10H,1-2H3,(H,22,26). The fraction of sp³-hybridized carbons (Fsp3) is 0.105. The average Bonchev–Trinajstić information content (AvgIpc) is 2.63. The Kier molecular flexibility index (Phi) is 5.23. The van der Waals surface area contributed by atoms with Crippen molar-refractivity contribution in [3.8, 4) is 11.4 Å². The van der Waals surface area contributed by atoms with Crippen molar-refractivity contribution in [2.75, 3.05) is 12.4 Å². The first kappa shape index (κ1) is 18.6. The van der Waals surface area contributed by atoms with Crippen LogP contribution in [0.15, 0.2) is 53.3 Å². The van der Waals surface area contributed by atoms with Gasteiger partial charge in [0.05, 0.1) is 12.8 Å². The van der Waals surface area contributed by atoms with Crippen LogP contribution in [0.25, 0.3) is 5.69 Å². The molecule has 0 spiro atoms. The number of nitrogens with zero attached hydrogens (tertiary/aromatic N) is 2. The summed E-state index contributed by atoms with van der Waals surface area (Å²) in [7, 11) is 1.44. The van der Waals surface area contributed by atoms with Gasteiger partial charge in [0.25, 0.3) is 5.91 Å². The molecule has 0 bridgehead atoms. The Hall–Kier alpha value is -3.19. The SMILES string of the molecule is COc1ccc(Cl)cc1NC(=O)c1nn(-c2ccccc2F)c(C)cc1=O. The van der Waals surface area contributed by atoms with E-state index >= 15 is 0 Å². The van der Waals surface area contributed by atoms with E-state index in [1.54, 1.807) is 25.1 Å². The highest BCUT2D eigenvalue weighted by Crippen LogP contribution is 2.27. The number of hydrogen-bond acceptors (Lipinski definition) is 4. The Labute approximate surface area is 159 Å². The molecule has 0 aliphatic carbocycles. The van der Waals surface area contributed by atoms with Crippen LogP contribution in [0.3, 0.4) is 0 Å². The van der Waals surface area contributed by atoms with Crippen molar-refractivity contribution in [2.45, 2.75) is 6.92 Å². The molecule has 3 aromatic rings. The predicted octanol–water partition coefficient (Wildman–Crippen LogP) is 3.59. The van der Waals surface area contributed by atoms with Gasteiger partial charge in [0.15, 0.2) is 5.69 Å². The van der Waals surface area contributed by atoms with Crippen LogP contribution >= 0.6 is 11.6 Å². The third kappa shape index (κ3) is 3.83. The molecule has 0 saturated carbocycles. The molecule has 0 radical (unpaired) electrons. The van der Waals surface area contributed by atoms with E-state index in [4.69, 9.17) is 16.3 Å². The Morgan fingerprint density at radius 3 is 2.67 bits per heavy atom. The number of rotatable bonds is 4. The van der Waals surface area contributed by atoms with Crippen molar-refractivity contribution in [1.29, 1.82) is 0 Å². The second-order valence-electron chi connectivity index (χ2n) is 5.66. The summed E-state index contributed by atoms with van der Waals surface area (Å²) in [5.74, 6) is -0.917. The van der Waals surface area contributed by atoms with E-state index in [0.29, 0.717) is 16.5 Å². The van der Waals surface area contributed by atoms with Crippen LogP contribution in [0.4, 0.5) is 10.1 Å². The number of amides is 1. The summed E-state index contributed by atoms with van der Waals surface area (Å²) in [4.78, 5) is 24.9. The lowest BCUT2D eigenvalue weighted by atomic mass is 10.2. The predicted molar refractivity (Wildman–Crippen MR) is 100 cm³/mol. The monoisotopic (exact) mass is 387 g/mol. The van der Waals surface area contributed by atoms with Gasteiger partial charge >= 0.3 is 0 Å². The number of ether oxygens (including phenoxy) is 1. The van der Waals surface area contributed by atoms with Crippen LogP contribution < -0.4 is 15.5 Å². The molecule has 1 aromatic heterocycles. The lowest BCUT2D eigenvalue weighted by Gasteiger charge is -2.13. The minimum Gasteiger partial charge on any atom is -0.495 e. The summed E-state index contributed by atoms with van der Waals surface area (Å²) >= 11 is 5.95. The molecule has 0 fully saturated rings. The number of carbonyl (C=O) groups is 1. The van der Waals surface area contributed by atoms with Crippen LogP contribution in [0.2, 0.25) is 5.02 Å². The number of hydrogen-bond donors (Lipinski definition) is 1. The van der Waals surface area contributed by atoms with Crippen LogP contribution in [0, 0.1) is 12.7 Å². The van der Waals surface area contributed by atoms with Gasteiger partial charge in [-0.1, -0.05) is 23.7 Å². The second-order valence-corrected chi connectivity index (χ2v) is 6.10. The zero-order valence-electron chi connectivity index (χ0n) is 14.5. The smallest absolute Gasteiger partial charge is 0.280 e. The highest BCUT2D eigenvalue weighted by Gasteiger charge is 2.18. The van der Waals surface area contributed by atoms with Crippen molar-refractivity contribution in [3.05, 3.63) is 81.0 Å². The van der Waals surface area contributed by atoms with E-state index < -0.39 is 17.2 Å². The fourth-order valence-corrected chi connectivity index (χ4v) is 2.70. The number of aromatic nitrogens is 2. The van der Waals surface area contributed by atoms with Crippen LogP contribution in [-0.2, 0) is 0 Å². The van der Waals surface area contributed by atoms with Gasteiger partial charge in [-0.15, -0.1) is 0 Å². The molecule has 1 heterocycles. The molecule has 0 aliphatic rings. The molecular weight excluding hydrogens is 373 g/mol. The summed E-state index contributed by atoms with van der Waals surface area (Å²) in [5, 5.41) is 6.99. The summed E-state index contributed by atoms with van der Waals surface area (Å²) in [5.41, 5.74) is -0.162. The topological polar surface area (TPSA) is 73.2 Å². The number of carbonyl (C=O) groups excluding carboxylic acids is 1. The van der Waals surface area contributed by atoms with Gasteiger partial charge in [-0.25, -0.2) is 9.07 Å². The maximum absolute atomic E-state index is 14.1. The van der Waals surface area contributed by atoms with Crippen LogP contribution in [0.5, 0.6) is 5.75 Å². The lowest BCUT2D eigenvalue weighted by Crippen LogP contribution is -2.27. The molecule has 2 aromatic carbocycles. The Balaban J connectivity index is 2.04. The van der Waals surface area contributed by atoms with Crippen molar-refractivity contribution in [3.63, 3.8) is 0 Å². The van der Waals surface area contributed by atoms with E-state index in [2.05, 4.69) is 10.4 Å². The Morgan fingerprint density at radius 1 is 1.22 bits per heavy atom. The quantitative estimate of drug-likeness (QED) is 0.742. The normalized spacial score (nSPS) is 10.5. The van der Waals surface area contributed by atoms with Crippen molar-refractivity contribution in [1.82, 2.24) is 9.78 Å². The first-order valence-corrected chi connectivity index (χ1v) is 8.29. The molecule has 0 atom stereocenters. The minimum atomic E-state index is -0.759. The highest BCUT2D eigenvalue weighted by molar-refractivity contribution is 6.31. The Morgan fingerprint density at radius 2 is 1.96 bits per heavy atom. The zero-order chi connectivity index (χ0) is 19.6. The number of halogens is 2. The maximum atomic E-state index is 14.1. The molecule has 8 heteroatoms. The highest BCUT2D eigenvalue weighted by atomic mass is 35.5. The van der Waals surface area contributed by atoms with Crippen LogP contribution in [0.1, 0.15) is 16.2 Å². The van der Waals surface area contributed by atoms with Gasteiger partial charge in [0, 0.05) is 16.8 Å². The van der Waals surface area contributed by atoms with Gasteiger partial charge in [-0.05, 0) is 37.3 Å². The number of anilines is 1. The van der Waals surface area contributed by atoms with Crippen molar-refractivity contribution in [2.24, 2.45) is 0 Å². The molecule has 6 nitrogen and oxygen atoms in total. The summed E-state index contributed by atoms with van der Waals surface area (Å²) in [6, 6.07) is 11.8. The Bertz CT molecular complexity index is 1080. The van der Waals surface area contributed by atoms with E-state index in [-0.39, 0.29) is 17.1 Å². The zero-order valence-corrected chi connectivity index (χ0v) is 15.2. The summed E-state index contributed by atoms with van der Waals surface area (Å²) < 4.78 is 20.5. The largest absolute Gasteiger partial charge is 0.495 e. The van der Waals surface area contributed by atoms with Gasteiger partial charge in [-0.3, -0.25) is 9.59 Å². The molecule has 3 rings (SSSR count). The number of methoxy groups -OCH3 is 1. The van der Waals surface area contributed by atoms with E-state index in [1.807, 2.05) is 0 Å². The molecule has 27 heavy (non-hydrogen) atoms. The number of nitrogens with one attached hydrogen (secondary N) is 1. The van der Waals surface area contributed by atoms with E-state index in [0.717, 1.165) is 0 Å².